The average molecular weight is 320 g/mol. The molecule has 0 saturated heterocycles. The second-order valence-corrected chi connectivity index (χ2v) is 6.49. The Kier molecular flexibility index (Phi) is 7.52. The van der Waals surface area contributed by atoms with Gasteiger partial charge in [0.1, 0.15) is 0 Å². The zero-order valence-electron chi connectivity index (χ0n) is 12.7. The van der Waals surface area contributed by atoms with Gasteiger partial charge in [-0.2, -0.15) is 24.9 Å². The summed E-state index contributed by atoms with van der Waals surface area (Å²) in [7, 11) is 0. The van der Waals surface area contributed by atoms with E-state index < -0.39 is 11.7 Å². The number of pyridine rings is 1. The molecule has 0 amide bonds. The zero-order valence-corrected chi connectivity index (χ0v) is 13.5. The largest absolute Gasteiger partial charge is 0.416 e. The predicted octanol–water partition coefficient (Wildman–Crippen LogP) is 4.67. The monoisotopic (exact) mass is 320 g/mol. The first kappa shape index (κ1) is 18.3. The fraction of sp³-hybridized carbons (Fsp3) is 0.667. The Morgan fingerprint density at radius 3 is 2.62 bits per heavy atom. The minimum absolute atomic E-state index is 0.245. The third-order valence-electron chi connectivity index (χ3n) is 3.30. The molecular formula is C15H23F3N2S. The number of halogens is 3. The van der Waals surface area contributed by atoms with Crippen LogP contribution < -0.4 is 5.32 Å². The van der Waals surface area contributed by atoms with E-state index in [1.807, 2.05) is 6.92 Å². The van der Waals surface area contributed by atoms with Crippen LogP contribution in [0.25, 0.3) is 0 Å². The molecule has 0 saturated carbocycles. The normalized spacial score (nSPS) is 15.0. The number of rotatable bonds is 8. The summed E-state index contributed by atoms with van der Waals surface area (Å²) < 4.78 is 39.4. The summed E-state index contributed by atoms with van der Waals surface area (Å²) in [5.74, 6) is 0.615. The van der Waals surface area contributed by atoms with E-state index >= 15 is 0 Å². The van der Waals surface area contributed by atoms with Crippen molar-refractivity contribution in [3.8, 4) is 0 Å². The molecule has 120 valence electrons. The fourth-order valence-corrected chi connectivity index (χ4v) is 2.95. The molecule has 6 heteroatoms. The highest BCUT2D eigenvalue weighted by atomic mass is 32.2. The van der Waals surface area contributed by atoms with Crippen LogP contribution in [0.15, 0.2) is 18.5 Å². The fourth-order valence-electron chi connectivity index (χ4n) is 1.90. The minimum Gasteiger partial charge on any atom is -0.309 e. The average Bonchev–Trinajstić information content (AvgIpc) is 2.46. The Balaban J connectivity index is 2.97. The molecule has 0 aliphatic rings. The third kappa shape index (κ3) is 5.87. The van der Waals surface area contributed by atoms with Gasteiger partial charge in [-0.05, 0) is 25.5 Å². The van der Waals surface area contributed by atoms with Crippen LogP contribution in [0.1, 0.15) is 50.8 Å². The Bertz CT molecular complexity index is 424. The van der Waals surface area contributed by atoms with E-state index in [1.54, 1.807) is 11.8 Å². The first-order chi connectivity index (χ1) is 9.90. The van der Waals surface area contributed by atoms with Crippen molar-refractivity contribution in [2.75, 3.05) is 12.3 Å². The standard InChI is InChI=1S/C15H23F3N2S/c1-4-7-20-14(10-21-11(3)5-2)12-9-19-8-6-13(12)15(16,17)18/h6,8-9,11,14,20H,4-5,7,10H2,1-3H3. The first-order valence-corrected chi connectivity index (χ1v) is 8.31. The minimum atomic E-state index is -4.34. The maximum absolute atomic E-state index is 13.1. The van der Waals surface area contributed by atoms with Gasteiger partial charge in [0.15, 0.2) is 0 Å². The number of thioether (sulfide) groups is 1. The van der Waals surface area contributed by atoms with Crippen molar-refractivity contribution < 1.29 is 13.2 Å². The second kappa shape index (κ2) is 8.63. The quantitative estimate of drug-likeness (QED) is 0.753. The highest BCUT2D eigenvalue weighted by Crippen LogP contribution is 2.35. The van der Waals surface area contributed by atoms with Gasteiger partial charge in [-0.25, -0.2) is 0 Å². The van der Waals surface area contributed by atoms with Crippen LogP contribution in [0.2, 0.25) is 0 Å². The molecule has 0 aromatic carbocycles. The van der Waals surface area contributed by atoms with Gasteiger partial charge in [0.2, 0.25) is 0 Å². The molecule has 1 aromatic heterocycles. The molecule has 1 aromatic rings. The van der Waals surface area contributed by atoms with Gasteiger partial charge in [-0.1, -0.05) is 20.8 Å². The summed E-state index contributed by atoms with van der Waals surface area (Å²) in [6.07, 6.45) is 0.0836. The summed E-state index contributed by atoms with van der Waals surface area (Å²) in [5, 5.41) is 3.65. The molecule has 21 heavy (non-hydrogen) atoms. The van der Waals surface area contributed by atoms with Gasteiger partial charge >= 0.3 is 6.18 Å². The number of alkyl halides is 3. The molecule has 0 radical (unpaired) electrons. The highest BCUT2D eigenvalue weighted by molar-refractivity contribution is 7.99. The lowest BCUT2D eigenvalue weighted by molar-refractivity contribution is -0.138. The van der Waals surface area contributed by atoms with Crippen LogP contribution in [0.4, 0.5) is 13.2 Å². The Hall–Kier alpha value is -0.750. The van der Waals surface area contributed by atoms with Crippen molar-refractivity contribution in [1.29, 1.82) is 0 Å². The number of aromatic nitrogens is 1. The molecule has 1 N–H and O–H groups in total. The van der Waals surface area contributed by atoms with Crippen LogP contribution in [0.3, 0.4) is 0 Å². The Morgan fingerprint density at radius 1 is 1.33 bits per heavy atom. The van der Waals surface area contributed by atoms with Gasteiger partial charge in [-0.3, -0.25) is 4.98 Å². The van der Waals surface area contributed by atoms with Gasteiger partial charge in [0, 0.05) is 35.0 Å². The van der Waals surface area contributed by atoms with Crippen LogP contribution in [0.5, 0.6) is 0 Å². The van der Waals surface area contributed by atoms with Crippen LogP contribution in [-0.2, 0) is 6.18 Å². The predicted molar refractivity (Wildman–Crippen MR) is 82.5 cm³/mol. The van der Waals surface area contributed by atoms with Gasteiger partial charge in [0.05, 0.1) is 5.56 Å². The Morgan fingerprint density at radius 2 is 2.05 bits per heavy atom. The lowest BCUT2D eigenvalue weighted by atomic mass is 10.0. The third-order valence-corrected chi connectivity index (χ3v) is 4.72. The molecule has 0 fully saturated rings. The molecule has 0 spiro atoms. The van der Waals surface area contributed by atoms with Crippen molar-refractivity contribution in [2.45, 2.75) is 51.1 Å². The molecule has 2 nitrogen and oxygen atoms in total. The highest BCUT2D eigenvalue weighted by Gasteiger charge is 2.35. The smallest absolute Gasteiger partial charge is 0.309 e. The molecule has 0 aliphatic heterocycles. The molecule has 1 heterocycles. The van der Waals surface area contributed by atoms with E-state index in [4.69, 9.17) is 0 Å². The molecule has 1 rings (SSSR count). The summed E-state index contributed by atoms with van der Waals surface area (Å²) in [6.45, 7) is 6.87. The Labute approximate surface area is 128 Å². The maximum atomic E-state index is 13.1. The first-order valence-electron chi connectivity index (χ1n) is 7.26. The molecular weight excluding hydrogens is 297 g/mol. The maximum Gasteiger partial charge on any atom is 0.416 e. The van der Waals surface area contributed by atoms with Crippen LogP contribution in [0, 0.1) is 0 Å². The van der Waals surface area contributed by atoms with Crippen molar-refractivity contribution >= 4 is 11.8 Å². The number of hydrogen-bond donors (Lipinski definition) is 1. The van der Waals surface area contributed by atoms with E-state index in [2.05, 4.69) is 24.1 Å². The number of hydrogen-bond acceptors (Lipinski definition) is 3. The van der Waals surface area contributed by atoms with E-state index in [0.717, 1.165) is 18.9 Å². The van der Waals surface area contributed by atoms with Gasteiger partial charge in [-0.15, -0.1) is 0 Å². The van der Waals surface area contributed by atoms with Crippen molar-refractivity contribution in [2.24, 2.45) is 0 Å². The van der Waals surface area contributed by atoms with Crippen LogP contribution in [-0.4, -0.2) is 22.5 Å². The molecule has 2 atom stereocenters. The lowest BCUT2D eigenvalue weighted by Crippen LogP contribution is -2.27. The van der Waals surface area contributed by atoms with E-state index in [9.17, 15) is 13.2 Å². The summed E-state index contributed by atoms with van der Waals surface area (Å²) in [5.41, 5.74) is -0.342. The van der Waals surface area contributed by atoms with Crippen molar-refractivity contribution in [3.63, 3.8) is 0 Å². The molecule has 0 aliphatic carbocycles. The number of nitrogens with zero attached hydrogens (tertiary/aromatic N) is 1. The summed E-state index contributed by atoms with van der Waals surface area (Å²) in [4.78, 5) is 3.89. The lowest BCUT2D eigenvalue weighted by Gasteiger charge is -2.23. The van der Waals surface area contributed by atoms with Crippen molar-refractivity contribution in [1.82, 2.24) is 10.3 Å². The SMILES string of the molecule is CCCNC(CSC(C)CC)c1cnccc1C(F)(F)F. The van der Waals surface area contributed by atoms with E-state index in [0.29, 0.717) is 17.5 Å². The van der Waals surface area contributed by atoms with E-state index in [1.165, 1.54) is 12.4 Å². The van der Waals surface area contributed by atoms with Gasteiger partial charge in [0.25, 0.3) is 0 Å². The van der Waals surface area contributed by atoms with Crippen LogP contribution >= 0.6 is 11.8 Å². The second-order valence-electron chi connectivity index (χ2n) is 5.02. The van der Waals surface area contributed by atoms with E-state index in [-0.39, 0.29) is 11.6 Å². The molecule has 2 unspecified atom stereocenters. The van der Waals surface area contributed by atoms with Crippen molar-refractivity contribution in [3.05, 3.63) is 29.6 Å². The number of nitrogens with one attached hydrogen (secondary N) is 1. The zero-order chi connectivity index (χ0) is 15.9. The topological polar surface area (TPSA) is 24.9 Å². The summed E-state index contributed by atoms with van der Waals surface area (Å²) >= 11 is 1.69. The van der Waals surface area contributed by atoms with Gasteiger partial charge < -0.3 is 5.32 Å². The summed E-state index contributed by atoms with van der Waals surface area (Å²) in [6, 6.07) is 0.735. The molecule has 0 bridgehead atoms.